The summed E-state index contributed by atoms with van der Waals surface area (Å²) in [7, 11) is -3.42. The number of benzene rings is 1. The Labute approximate surface area is 120 Å². The number of nitrogens with one attached hydrogen (secondary N) is 1. The number of sulfonamides is 1. The third kappa shape index (κ3) is 6.15. The minimum Gasteiger partial charge on any atom is -0.379 e. The Balaban J connectivity index is 2.48. The Morgan fingerprint density at radius 1 is 1.35 bits per heavy atom. The zero-order valence-electron chi connectivity index (χ0n) is 11.8. The first-order valence-corrected chi connectivity index (χ1v) is 8.17. The van der Waals surface area contributed by atoms with Gasteiger partial charge in [-0.15, -0.1) is 0 Å². The fraction of sp³-hybridized carbons (Fsp3) is 0.500. The van der Waals surface area contributed by atoms with Crippen molar-refractivity contribution in [3.8, 4) is 6.07 Å². The van der Waals surface area contributed by atoms with Crippen molar-refractivity contribution < 1.29 is 13.2 Å². The molecule has 0 unspecified atom stereocenters. The number of hydrogen-bond donors (Lipinski definition) is 1. The normalized spacial score (nSPS) is 11.5. The first-order valence-electron chi connectivity index (χ1n) is 6.51. The van der Waals surface area contributed by atoms with Crippen LogP contribution in [0.3, 0.4) is 0 Å². The summed E-state index contributed by atoms with van der Waals surface area (Å²) in [5.41, 5.74) is 0.905. The van der Waals surface area contributed by atoms with Gasteiger partial charge in [-0.1, -0.05) is 18.2 Å². The summed E-state index contributed by atoms with van der Waals surface area (Å²) in [5.74, 6) is -0.179. The van der Waals surface area contributed by atoms with E-state index >= 15 is 0 Å². The number of nitrogens with zero attached hydrogens (tertiary/aromatic N) is 1. The van der Waals surface area contributed by atoms with E-state index in [4.69, 9.17) is 10.00 Å². The molecule has 1 aromatic carbocycles. The van der Waals surface area contributed by atoms with E-state index in [1.54, 1.807) is 24.3 Å². The lowest BCUT2D eigenvalue weighted by Crippen LogP contribution is -2.27. The largest absolute Gasteiger partial charge is 0.379 e. The molecule has 0 radical (unpaired) electrons. The number of nitriles is 1. The first-order chi connectivity index (χ1) is 9.44. The molecule has 6 heteroatoms. The summed E-state index contributed by atoms with van der Waals surface area (Å²) in [4.78, 5) is 0. The zero-order chi connectivity index (χ0) is 15.0. The maximum atomic E-state index is 11.9. The summed E-state index contributed by atoms with van der Waals surface area (Å²) in [6.07, 6.45) is 0.770. The van der Waals surface area contributed by atoms with E-state index in [1.807, 2.05) is 19.9 Å². The summed E-state index contributed by atoms with van der Waals surface area (Å²) >= 11 is 0. The highest BCUT2D eigenvalue weighted by molar-refractivity contribution is 7.88. The van der Waals surface area contributed by atoms with Crippen molar-refractivity contribution in [2.45, 2.75) is 32.1 Å². The number of hydrogen-bond acceptors (Lipinski definition) is 4. The van der Waals surface area contributed by atoms with Crippen molar-refractivity contribution in [3.05, 3.63) is 35.4 Å². The second-order valence-corrected chi connectivity index (χ2v) is 6.50. The third-order valence-electron chi connectivity index (χ3n) is 2.58. The van der Waals surface area contributed by atoms with Crippen LogP contribution in [0.15, 0.2) is 24.3 Å². The average molecular weight is 296 g/mol. The fourth-order valence-corrected chi connectivity index (χ4v) is 2.85. The molecule has 0 fully saturated rings. The lowest BCUT2D eigenvalue weighted by molar-refractivity contribution is 0.0778. The second kappa shape index (κ2) is 8.00. The first kappa shape index (κ1) is 16.6. The molecule has 110 valence electrons. The molecular formula is C14H20N2O3S. The van der Waals surface area contributed by atoms with Crippen LogP contribution in [0.5, 0.6) is 0 Å². The summed E-state index contributed by atoms with van der Waals surface area (Å²) in [6, 6.07) is 8.70. The molecule has 0 saturated carbocycles. The van der Waals surface area contributed by atoms with Gasteiger partial charge in [-0.25, -0.2) is 13.1 Å². The van der Waals surface area contributed by atoms with Gasteiger partial charge in [0.25, 0.3) is 0 Å². The van der Waals surface area contributed by atoms with Crippen LogP contribution in [0.2, 0.25) is 0 Å². The topological polar surface area (TPSA) is 79.2 Å². The molecule has 1 N–H and O–H groups in total. The van der Waals surface area contributed by atoms with Gasteiger partial charge in [0.1, 0.15) is 0 Å². The molecule has 0 aliphatic carbocycles. The van der Waals surface area contributed by atoms with Crippen LogP contribution in [0.1, 0.15) is 31.4 Å². The summed E-state index contributed by atoms with van der Waals surface area (Å²) in [6.45, 7) is 4.73. The van der Waals surface area contributed by atoms with Crippen LogP contribution in [-0.2, 0) is 20.5 Å². The molecule has 0 spiro atoms. The molecule has 0 aromatic heterocycles. The molecule has 1 rings (SSSR count). The van der Waals surface area contributed by atoms with Crippen molar-refractivity contribution in [2.75, 3.05) is 13.2 Å². The predicted octanol–water partition coefficient (Wildman–Crippen LogP) is 1.79. The van der Waals surface area contributed by atoms with Gasteiger partial charge in [-0.2, -0.15) is 5.26 Å². The van der Waals surface area contributed by atoms with Crippen LogP contribution < -0.4 is 4.72 Å². The molecule has 0 heterocycles. The van der Waals surface area contributed by atoms with Gasteiger partial charge in [0.05, 0.1) is 23.5 Å². The smallest absolute Gasteiger partial charge is 0.215 e. The fourth-order valence-electron chi connectivity index (χ4n) is 1.63. The van der Waals surface area contributed by atoms with Crippen LogP contribution in [-0.4, -0.2) is 27.7 Å². The lowest BCUT2D eigenvalue weighted by Gasteiger charge is -2.09. The predicted molar refractivity (Wildman–Crippen MR) is 77.5 cm³/mol. The van der Waals surface area contributed by atoms with Crippen molar-refractivity contribution in [2.24, 2.45) is 0 Å². The Bertz CT molecular complexity index is 562. The molecule has 0 bridgehead atoms. The van der Waals surface area contributed by atoms with E-state index in [0.29, 0.717) is 30.7 Å². The highest BCUT2D eigenvalue weighted by Crippen LogP contribution is 2.10. The maximum Gasteiger partial charge on any atom is 0.215 e. The molecule has 0 atom stereocenters. The lowest BCUT2D eigenvalue weighted by atomic mass is 10.1. The molecule has 0 aliphatic heterocycles. The Morgan fingerprint density at radius 3 is 2.70 bits per heavy atom. The van der Waals surface area contributed by atoms with Crippen molar-refractivity contribution >= 4 is 10.0 Å². The highest BCUT2D eigenvalue weighted by Gasteiger charge is 2.13. The van der Waals surface area contributed by atoms with E-state index in [9.17, 15) is 8.42 Å². The van der Waals surface area contributed by atoms with Crippen molar-refractivity contribution in [1.29, 1.82) is 5.26 Å². The van der Waals surface area contributed by atoms with E-state index in [1.165, 1.54) is 0 Å². The summed E-state index contributed by atoms with van der Waals surface area (Å²) in [5, 5.41) is 8.93. The third-order valence-corrected chi connectivity index (χ3v) is 3.91. The molecule has 0 saturated heterocycles. The quantitative estimate of drug-likeness (QED) is 0.742. The van der Waals surface area contributed by atoms with Gasteiger partial charge in [0.15, 0.2) is 0 Å². The van der Waals surface area contributed by atoms with Crippen LogP contribution in [0.25, 0.3) is 0 Å². The van der Waals surface area contributed by atoms with Crippen molar-refractivity contribution in [3.63, 3.8) is 0 Å². The Kier molecular flexibility index (Phi) is 6.65. The van der Waals surface area contributed by atoms with Crippen LogP contribution in [0.4, 0.5) is 0 Å². The molecule has 1 aromatic rings. The SMILES string of the molecule is CC(C)OCCCNS(=O)(=O)Cc1ccccc1C#N. The van der Waals surface area contributed by atoms with Gasteiger partial charge >= 0.3 is 0 Å². The molecule has 0 aliphatic rings. The van der Waals surface area contributed by atoms with Gasteiger partial charge < -0.3 is 4.74 Å². The van der Waals surface area contributed by atoms with Crippen LogP contribution >= 0.6 is 0 Å². The molecule has 0 amide bonds. The van der Waals surface area contributed by atoms with Crippen molar-refractivity contribution in [1.82, 2.24) is 4.72 Å². The van der Waals surface area contributed by atoms with E-state index < -0.39 is 10.0 Å². The van der Waals surface area contributed by atoms with E-state index in [0.717, 1.165) is 0 Å². The standard InChI is InChI=1S/C14H20N2O3S/c1-12(2)19-9-5-8-16-20(17,18)11-14-7-4-3-6-13(14)10-15/h3-4,6-7,12,16H,5,8-9,11H2,1-2H3. The van der Waals surface area contributed by atoms with E-state index in [2.05, 4.69) is 4.72 Å². The Morgan fingerprint density at radius 2 is 2.05 bits per heavy atom. The molecule has 20 heavy (non-hydrogen) atoms. The minimum absolute atomic E-state index is 0.147. The minimum atomic E-state index is -3.42. The molecule has 5 nitrogen and oxygen atoms in total. The average Bonchev–Trinajstić information content (AvgIpc) is 2.38. The number of rotatable bonds is 8. The summed E-state index contributed by atoms with van der Waals surface area (Å²) < 4.78 is 31.7. The zero-order valence-corrected chi connectivity index (χ0v) is 12.6. The second-order valence-electron chi connectivity index (χ2n) is 4.70. The van der Waals surface area contributed by atoms with E-state index in [-0.39, 0.29) is 11.9 Å². The van der Waals surface area contributed by atoms with Gasteiger partial charge in [-0.3, -0.25) is 0 Å². The Hall–Kier alpha value is -1.42. The number of ether oxygens (including phenoxy) is 1. The van der Waals surface area contributed by atoms with Gasteiger partial charge in [0, 0.05) is 13.2 Å². The highest BCUT2D eigenvalue weighted by atomic mass is 32.2. The van der Waals surface area contributed by atoms with Gasteiger partial charge in [-0.05, 0) is 31.9 Å². The van der Waals surface area contributed by atoms with Gasteiger partial charge in [0.2, 0.25) is 10.0 Å². The monoisotopic (exact) mass is 296 g/mol. The maximum absolute atomic E-state index is 11.9. The van der Waals surface area contributed by atoms with Crippen LogP contribution in [0, 0.1) is 11.3 Å². The molecular weight excluding hydrogens is 276 g/mol.